The molecule has 2 aromatic rings. The first kappa shape index (κ1) is 14.7. The Hall–Kier alpha value is -2.64. The summed E-state index contributed by atoms with van der Waals surface area (Å²) in [6, 6.07) is 12.8. The average molecular weight is 339 g/mol. The molecule has 0 bridgehead atoms. The van der Waals surface area contributed by atoms with Crippen LogP contribution in [0.25, 0.3) is 0 Å². The van der Waals surface area contributed by atoms with Gasteiger partial charge in [-0.3, -0.25) is 4.79 Å². The SMILES string of the molecule is [2H]C([2H])(NC(=O)c1ccc(C#Cc2ccccc2F)cc1)C1CCOCC1. The van der Waals surface area contributed by atoms with Crippen LogP contribution in [-0.2, 0) is 4.74 Å². The van der Waals surface area contributed by atoms with Crippen LogP contribution in [0.15, 0.2) is 48.5 Å². The molecular formula is C21H20FNO2. The molecule has 3 rings (SSSR count). The summed E-state index contributed by atoms with van der Waals surface area (Å²) in [7, 11) is 0. The normalized spacial score (nSPS) is 16.2. The molecule has 1 N–H and O–H groups in total. The number of carbonyl (C=O) groups is 1. The van der Waals surface area contributed by atoms with Crippen molar-refractivity contribution < 1.29 is 16.7 Å². The van der Waals surface area contributed by atoms with Crippen LogP contribution >= 0.6 is 0 Å². The lowest BCUT2D eigenvalue weighted by molar-refractivity contribution is 0.0642. The number of hydrogen-bond acceptors (Lipinski definition) is 2. The van der Waals surface area contributed by atoms with Crippen LogP contribution in [0.4, 0.5) is 4.39 Å². The van der Waals surface area contributed by atoms with E-state index in [0.717, 1.165) is 0 Å². The highest BCUT2D eigenvalue weighted by Gasteiger charge is 2.15. The predicted molar refractivity (Wildman–Crippen MR) is 94.7 cm³/mol. The van der Waals surface area contributed by atoms with Crippen molar-refractivity contribution in [1.29, 1.82) is 0 Å². The Balaban J connectivity index is 1.66. The number of halogens is 1. The highest BCUT2D eigenvalue weighted by Crippen LogP contribution is 2.13. The second-order valence-electron chi connectivity index (χ2n) is 5.79. The van der Waals surface area contributed by atoms with Gasteiger partial charge in [-0.15, -0.1) is 0 Å². The Morgan fingerprint density at radius 3 is 2.60 bits per heavy atom. The van der Waals surface area contributed by atoms with Crippen LogP contribution in [0.5, 0.6) is 0 Å². The molecule has 1 fully saturated rings. The molecule has 0 unspecified atom stereocenters. The molecule has 0 radical (unpaired) electrons. The number of hydrogen-bond donors (Lipinski definition) is 1. The molecule has 1 heterocycles. The van der Waals surface area contributed by atoms with E-state index in [0.29, 0.717) is 42.7 Å². The highest BCUT2D eigenvalue weighted by molar-refractivity contribution is 5.94. The Bertz CT molecular complexity index is 866. The Labute approximate surface area is 150 Å². The van der Waals surface area contributed by atoms with Gasteiger partial charge in [-0.25, -0.2) is 4.39 Å². The van der Waals surface area contributed by atoms with Gasteiger partial charge in [0.2, 0.25) is 0 Å². The van der Waals surface area contributed by atoms with Gasteiger partial charge in [0.1, 0.15) is 5.82 Å². The van der Waals surface area contributed by atoms with Crippen molar-refractivity contribution in [3.8, 4) is 11.8 Å². The number of amides is 1. The van der Waals surface area contributed by atoms with E-state index in [9.17, 15) is 9.18 Å². The lowest BCUT2D eigenvalue weighted by Gasteiger charge is -2.22. The molecule has 0 atom stereocenters. The summed E-state index contributed by atoms with van der Waals surface area (Å²) in [5.74, 6) is 4.51. The van der Waals surface area contributed by atoms with Crippen LogP contribution in [0, 0.1) is 23.6 Å². The van der Waals surface area contributed by atoms with E-state index in [4.69, 9.17) is 7.48 Å². The van der Waals surface area contributed by atoms with Crippen molar-refractivity contribution in [3.63, 3.8) is 0 Å². The second-order valence-corrected chi connectivity index (χ2v) is 5.79. The zero-order valence-electron chi connectivity index (χ0n) is 15.7. The molecule has 3 nitrogen and oxygen atoms in total. The molecule has 0 spiro atoms. The number of carbonyl (C=O) groups excluding carboxylic acids is 1. The smallest absolute Gasteiger partial charge is 0.251 e. The first-order chi connectivity index (χ1) is 13.0. The summed E-state index contributed by atoms with van der Waals surface area (Å²) < 4.78 is 35.1. The van der Waals surface area contributed by atoms with Gasteiger partial charge < -0.3 is 10.1 Å². The fourth-order valence-corrected chi connectivity index (χ4v) is 2.49. The van der Waals surface area contributed by atoms with E-state index in [2.05, 4.69) is 17.2 Å². The Morgan fingerprint density at radius 2 is 1.88 bits per heavy atom. The van der Waals surface area contributed by atoms with E-state index >= 15 is 0 Å². The first-order valence-corrected chi connectivity index (χ1v) is 8.22. The van der Waals surface area contributed by atoms with Crippen LogP contribution in [0.2, 0.25) is 0 Å². The third-order valence-electron chi connectivity index (χ3n) is 3.97. The van der Waals surface area contributed by atoms with Crippen LogP contribution < -0.4 is 5.32 Å². The van der Waals surface area contributed by atoms with Gasteiger partial charge in [0, 0.05) is 33.6 Å². The average Bonchev–Trinajstić information content (AvgIpc) is 2.68. The zero-order valence-corrected chi connectivity index (χ0v) is 13.7. The van der Waals surface area contributed by atoms with Crippen molar-refractivity contribution in [1.82, 2.24) is 5.32 Å². The number of ether oxygens (including phenoxy) is 1. The predicted octanol–water partition coefficient (Wildman–Crippen LogP) is 3.38. The molecule has 1 aliphatic rings. The molecule has 1 amide bonds. The maximum Gasteiger partial charge on any atom is 0.251 e. The third-order valence-corrected chi connectivity index (χ3v) is 3.97. The maximum absolute atomic E-state index is 13.6. The zero-order chi connectivity index (χ0) is 19.3. The van der Waals surface area contributed by atoms with E-state index in [-0.39, 0.29) is 11.7 Å². The van der Waals surface area contributed by atoms with Crippen LogP contribution in [0.1, 0.15) is 37.1 Å². The van der Waals surface area contributed by atoms with Gasteiger partial charge in [-0.1, -0.05) is 24.0 Å². The van der Waals surface area contributed by atoms with Crippen LogP contribution in [-0.4, -0.2) is 25.6 Å². The van der Waals surface area contributed by atoms with Gasteiger partial charge in [0.05, 0.1) is 5.56 Å². The summed E-state index contributed by atoms with van der Waals surface area (Å²) in [4.78, 5) is 12.4. The van der Waals surface area contributed by atoms with Crippen molar-refractivity contribution in [2.45, 2.75) is 12.8 Å². The van der Waals surface area contributed by atoms with E-state index in [1.165, 1.54) is 6.07 Å². The molecule has 0 aromatic heterocycles. The minimum atomic E-state index is -1.79. The molecule has 4 heteroatoms. The van der Waals surface area contributed by atoms with Gasteiger partial charge in [-0.05, 0) is 55.2 Å². The quantitative estimate of drug-likeness (QED) is 0.871. The Kier molecular flexibility index (Phi) is 4.97. The summed E-state index contributed by atoms with van der Waals surface area (Å²) in [5, 5.41) is 2.48. The van der Waals surface area contributed by atoms with E-state index < -0.39 is 12.4 Å². The molecule has 1 aliphatic heterocycles. The fourth-order valence-electron chi connectivity index (χ4n) is 2.49. The molecular weight excluding hydrogens is 317 g/mol. The van der Waals surface area contributed by atoms with Gasteiger partial charge in [0.15, 0.2) is 0 Å². The first-order valence-electron chi connectivity index (χ1n) is 9.22. The minimum absolute atomic E-state index is 0.263. The largest absolute Gasteiger partial charge is 0.381 e. The molecule has 25 heavy (non-hydrogen) atoms. The van der Waals surface area contributed by atoms with Gasteiger partial charge in [0.25, 0.3) is 5.91 Å². The fraction of sp³-hybridized carbons (Fsp3) is 0.286. The molecule has 0 saturated carbocycles. The second kappa shape index (κ2) is 8.46. The monoisotopic (exact) mass is 339 g/mol. The maximum atomic E-state index is 13.6. The lowest BCUT2D eigenvalue weighted by Crippen LogP contribution is -2.32. The standard InChI is InChI=1S/C21H20FNO2/c22-20-4-2-1-3-18(20)8-5-16-6-9-19(10-7-16)21(24)23-15-17-11-13-25-14-12-17/h1-4,6-7,9-10,17H,11-15H2,(H,23,24)/i15D2. The minimum Gasteiger partial charge on any atom is -0.381 e. The Morgan fingerprint density at radius 1 is 1.16 bits per heavy atom. The lowest BCUT2D eigenvalue weighted by atomic mass is 10.0. The summed E-state index contributed by atoms with van der Waals surface area (Å²) in [6.45, 7) is -0.769. The van der Waals surface area contributed by atoms with Crippen molar-refractivity contribution in [3.05, 3.63) is 71.0 Å². The van der Waals surface area contributed by atoms with Crippen molar-refractivity contribution in [2.75, 3.05) is 19.7 Å². The topological polar surface area (TPSA) is 38.3 Å². The molecule has 128 valence electrons. The molecule has 1 saturated heterocycles. The summed E-state index contributed by atoms with van der Waals surface area (Å²) >= 11 is 0. The highest BCUT2D eigenvalue weighted by atomic mass is 19.1. The molecule has 0 aliphatic carbocycles. The molecule has 2 aromatic carbocycles. The van der Waals surface area contributed by atoms with Crippen LogP contribution in [0.3, 0.4) is 0 Å². The van der Waals surface area contributed by atoms with Gasteiger partial charge >= 0.3 is 0 Å². The summed E-state index contributed by atoms with van der Waals surface area (Å²) in [5.41, 5.74) is 1.30. The number of rotatable bonds is 3. The van der Waals surface area contributed by atoms with Crippen molar-refractivity contribution in [2.24, 2.45) is 5.92 Å². The number of benzene rings is 2. The van der Waals surface area contributed by atoms with Gasteiger partial charge in [-0.2, -0.15) is 0 Å². The van der Waals surface area contributed by atoms with E-state index in [1.54, 1.807) is 42.5 Å². The summed E-state index contributed by atoms with van der Waals surface area (Å²) in [6.07, 6.45) is 1.16. The van der Waals surface area contributed by atoms with E-state index in [1.807, 2.05) is 0 Å². The third kappa shape index (κ3) is 4.91. The van der Waals surface area contributed by atoms with Crippen molar-refractivity contribution >= 4 is 5.91 Å². The number of nitrogens with one attached hydrogen (secondary N) is 1.